The minimum atomic E-state index is 0.242. The summed E-state index contributed by atoms with van der Waals surface area (Å²) >= 11 is 1.87. The molecule has 2 heterocycles. The maximum absolute atomic E-state index is 5.97. The van der Waals surface area contributed by atoms with Crippen LogP contribution >= 0.6 is 11.3 Å². The molecule has 0 saturated carbocycles. The van der Waals surface area contributed by atoms with Crippen LogP contribution < -0.4 is 5.32 Å². The number of ether oxygens (including phenoxy) is 1. The molecule has 1 N–H and O–H groups in total. The van der Waals surface area contributed by atoms with Gasteiger partial charge in [0.1, 0.15) is 11.1 Å². The molecule has 1 aromatic rings. The van der Waals surface area contributed by atoms with Gasteiger partial charge in [-0.25, -0.2) is 4.98 Å². The summed E-state index contributed by atoms with van der Waals surface area (Å²) in [7, 11) is 2.06. The van der Waals surface area contributed by atoms with Gasteiger partial charge in [-0.15, -0.1) is 11.3 Å². The third kappa shape index (κ3) is 2.58. The van der Waals surface area contributed by atoms with Crippen molar-refractivity contribution in [3.8, 4) is 0 Å². The number of hydrogen-bond acceptors (Lipinski definition) is 4. The Hall–Kier alpha value is -0.450. The molecular weight excluding hydrogens is 256 g/mol. The number of nitrogens with zero attached hydrogens (tertiary/aromatic N) is 1. The van der Waals surface area contributed by atoms with E-state index in [1.807, 2.05) is 11.3 Å². The van der Waals surface area contributed by atoms with Crippen LogP contribution in [0.1, 0.15) is 67.8 Å². The van der Waals surface area contributed by atoms with Crippen LogP contribution in [0.25, 0.3) is 0 Å². The molecule has 0 bridgehead atoms. The molecule has 3 nitrogen and oxygen atoms in total. The Morgan fingerprint density at radius 3 is 2.79 bits per heavy atom. The van der Waals surface area contributed by atoms with E-state index in [2.05, 4.69) is 33.1 Å². The van der Waals surface area contributed by atoms with Gasteiger partial charge in [0, 0.05) is 10.9 Å². The van der Waals surface area contributed by atoms with E-state index < -0.39 is 0 Å². The largest absolute Gasteiger partial charge is 0.368 e. The fraction of sp³-hybridized carbons (Fsp3) is 0.800. The van der Waals surface area contributed by atoms with E-state index in [1.165, 1.54) is 22.0 Å². The summed E-state index contributed by atoms with van der Waals surface area (Å²) in [5.74, 6) is 0. The average Bonchev–Trinajstić information content (AvgIpc) is 2.92. The van der Waals surface area contributed by atoms with Gasteiger partial charge in [0.15, 0.2) is 0 Å². The predicted octanol–water partition coefficient (Wildman–Crippen LogP) is 3.62. The van der Waals surface area contributed by atoms with Crippen molar-refractivity contribution in [1.82, 2.24) is 10.3 Å². The van der Waals surface area contributed by atoms with Gasteiger partial charge < -0.3 is 10.1 Å². The molecule has 1 aliphatic carbocycles. The summed E-state index contributed by atoms with van der Waals surface area (Å²) in [5, 5.41) is 4.66. The molecule has 1 saturated heterocycles. The molecule has 0 spiro atoms. The van der Waals surface area contributed by atoms with Crippen molar-refractivity contribution >= 4 is 11.3 Å². The predicted molar refractivity (Wildman–Crippen MR) is 78.5 cm³/mol. The van der Waals surface area contributed by atoms with E-state index in [4.69, 9.17) is 9.72 Å². The van der Waals surface area contributed by atoms with Crippen molar-refractivity contribution in [2.45, 2.75) is 64.7 Å². The molecule has 0 aromatic carbocycles. The van der Waals surface area contributed by atoms with Crippen molar-refractivity contribution in [2.75, 3.05) is 7.05 Å². The van der Waals surface area contributed by atoms with E-state index in [0.717, 1.165) is 19.3 Å². The summed E-state index contributed by atoms with van der Waals surface area (Å²) in [6.45, 7) is 6.84. The second-order valence-electron chi connectivity index (χ2n) is 6.76. The van der Waals surface area contributed by atoms with Gasteiger partial charge in [0.2, 0.25) is 0 Å². The van der Waals surface area contributed by atoms with E-state index in [9.17, 15) is 0 Å². The molecule has 3 rings (SSSR count). The molecule has 19 heavy (non-hydrogen) atoms. The van der Waals surface area contributed by atoms with Crippen molar-refractivity contribution < 1.29 is 4.74 Å². The highest BCUT2D eigenvalue weighted by Crippen LogP contribution is 2.45. The lowest BCUT2D eigenvalue weighted by Crippen LogP contribution is -2.30. The Morgan fingerprint density at radius 2 is 2.16 bits per heavy atom. The maximum Gasteiger partial charge on any atom is 0.122 e. The first kappa shape index (κ1) is 13.5. The molecule has 1 fully saturated rings. The summed E-state index contributed by atoms with van der Waals surface area (Å²) < 4.78 is 5.97. The van der Waals surface area contributed by atoms with E-state index >= 15 is 0 Å². The highest BCUT2D eigenvalue weighted by molar-refractivity contribution is 7.11. The molecular formula is C15H24N2OS. The minimum Gasteiger partial charge on any atom is -0.368 e. The van der Waals surface area contributed by atoms with Gasteiger partial charge in [-0.3, -0.25) is 0 Å². The summed E-state index contributed by atoms with van der Waals surface area (Å²) in [6, 6.07) is 0.462. The minimum absolute atomic E-state index is 0.242. The molecule has 1 aromatic heterocycles. The lowest BCUT2D eigenvalue weighted by Gasteiger charge is -2.34. The quantitative estimate of drug-likeness (QED) is 0.898. The first-order chi connectivity index (χ1) is 8.98. The van der Waals surface area contributed by atoms with Crippen LogP contribution in [-0.4, -0.2) is 18.1 Å². The zero-order chi connectivity index (χ0) is 13.6. The summed E-state index contributed by atoms with van der Waals surface area (Å²) in [5.41, 5.74) is 1.65. The molecule has 3 atom stereocenters. The lowest BCUT2D eigenvalue weighted by molar-refractivity contribution is 0.0553. The number of fused-ring (bicyclic) bond motifs is 1. The monoisotopic (exact) mass is 280 g/mol. The molecule has 4 heteroatoms. The Morgan fingerprint density at radius 1 is 1.37 bits per heavy atom. The van der Waals surface area contributed by atoms with Crippen molar-refractivity contribution in [1.29, 1.82) is 0 Å². The highest BCUT2D eigenvalue weighted by Gasteiger charge is 2.36. The number of nitrogens with one attached hydrogen (secondary N) is 1. The Bertz CT molecular complexity index is 469. The lowest BCUT2D eigenvalue weighted by atomic mass is 9.76. The van der Waals surface area contributed by atoms with Gasteiger partial charge in [0.05, 0.1) is 11.8 Å². The number of aromatic nitrogens is 1. The Labute approximate surface area is 119 Å². The zero-order valence-corrected chi connectivity index (χ0v) is 13.1. The molecule has 0 amide bonds. The first-order valence-electron chi connectivity index (χ1n) is 7.31. The average molecular weight is 280 g/mol. The Balaban J connectivity index is 1.89. The number of rotatable bonds is 2. The van der Waals surface area contributed by atoms with Crippen LogP contribution in [0.15, 0.2) is 0 Å². The normalized spacial score (nSPS) is 33.4. The van der Waals surface area contributed by atoms with Crippen LogP contribution in [-0.2, 0) is 11.2 Å². The fourth-order valence-electron chi connectivity index (χ4n) is 3.31. The summed E-state index contributed by atoms with van der Waals surface area (Å²) in [4.78, 5) is 6.36. The third-order valence-electron chi connectivity index (χ3n) is 4.32. The topological polar surface area (TPSA) is 34.2 Å². The second-order valence-corrected chi connectivity index (χ2v) is 7.82. The molecule has 3 unspecified atom stereocenters. The third-order valence-corrected chi connectivity index (χ3v) is 5.62. The second kappa shape index (κ2) is 4.83. The van der Waals surface area contributed by atoms with Gasteiger partial charge in [-0.1, -0.05) is 13.8 Å². The van der Waals surface area contributed by atoms with Gasteiger partial charge in [-0.05, 0) is 45.1 Å². The van der Waals surface area contributed by atoms with Gasteiger partial charge in [0.25, 0.3) is 0 Å². The molecule has 1 aliphatic heterocycles. The zero-order valence-electron chi connectivity index (χ0n) is 12.3. The van der Waals surface area contributed by atoms with E-state index in [1.54, 1.807) is 0 Å². The SMILES string of the molecule is CNC1CC(C)(C)Cc2nc(C3CCC(C)O3)sc21. The van der Waals surface area contributed by atoms with Crippen LogP contribution in [0.2, 0.25) is 0 Å². The first-order valence-corrected chi connectivity index (χ1v) is 8.12. The van der Waals surface area contributed by atoms with Gasteiger partial charge >= 0.3 is 0 Å². The van der Waals surface area contributed by atoms with Gasteiger partial charge in [-0.2, -0.15) is 0 Å². The van der Waals surface area contributed by atoms with Crippen LogP contribution in [0, 0.1) is 5.41 Å². The molecule has 106 valence electrons. The molecule has 2 aliphatic rings. The number of thiazole rings is 1. The smallest absolute Gasteiger partial charge is 0.122 e. The van der Waals surface area contributed by atoms with Crippen molar-refractivity contribution in [3.63, 3.8) is 0 Å². The van der Waals surface area contributed by atoms with Crippen LogP contribution in [0.5, 0.6) is 0 Å². The van der Waals surface area contributed by atoms with Crippen molar-refractivity contribution in [2.24, 2.45) is 5.41 Å². The summed E-state index contributed by atoms with van der Waals surface area (Å²) in [6.07, 6.45) is 5.21. The maximum atomic E-state index is 5.97. The van der Waals surface area contributed by atoms with Crippen LogP contribution in [0.3, 0.4) is 0 Å². The Kier molecular flexibility index (Phi) is 3.44. The fourth-order valence-corrected chi connectivity index (χ4v) is 4.57. The van der Waals surface area contributed by atoms with E-state index in [0.29, 0.717) is 17.6 Å². The highest BCUT2D eigenvalue weighted by atomic mass is 32.1. The number of hydrogen-bond donors (Lipinski definition) is 1. The van der Waals surface area contributed by atoms with Crippen molar-refractivity contribution in [3.05, 3.63) is 15.6 Å². The van der Waals surface area contributed by atoms with Crippen LogP contribution in [0.4, 0.5) is 0 Å². The molecule has 0 radical (unpaired) electrons. The standard InChI is InChI=1S/C15H24N2OS/c1-9-5-6-12(18-9)14-17-11-8-15(2,3)7-10(16-4)13(11)19-14/h9-10,12,16H,5-8H2,1-4H3. The van der Waals surface area contributed by atoms with E-state index in [-0.39, 0.29) is 6.10 Å².